The third kappa shape index (κ3) is 4.42. The molecule has 1 aromatic heterocycles. The molecule has 0 bridgehead atoms. The van der Waals surface area contributed by atoms with Gasteiger partial charge >= 0.3 is 0 Å². The number of hydrogen-bond acceptors (Lipinski definition) is 4. The zero-order chi connectivity index (χ0) is 17.8. The average molecular weight is 379 g/mol. The summed E-state index contributed by atoms with van der Waals surface area (Å²) in [6, 6.07) is 8.86. The molecule has 0 unspecified atom stereocenters. The fraction of sp³-hybridized carbons (Fsp3) is 0.333. The summed E-state index contributed by atoms with van der Waals surface area (Å²) in [6.07, 6.45) is 1.61. The Bertz CT molecular complexity index is 743. The molecule has 2 aromatic rings. The van der Waals surface area contributed by atoms with Crippen molar-refractivity contribution in [3.8, 4) is 0 Å². The van der Waals surface area contributed by atoms with Crippen LogP contribution in [-0.4, -0.2) is 53.4 Å². The average Bonchev–Trinajstić information content (AvgIpc) is 2.65. The molecule has 25 heavy (non-hydrogen) atoms. The molecule has 0 radical (unpaired) electrons. The van der Waals surface area contributed by atoms with E-state index in [1.807, 2.05) is 11.0 Å². The molecule has 1 amide bonds. The standard InChI is InChI=1S/C18H20Cl2N4O/c1-2-23-7-9-24(10-8-23)18(25)13-3-6-17(21-12-13)22-14-4-5-15(19)16(20)11-14/h3-6,11-12H,2,7-10H2,1H3,(H,21,22). The maximum Gasteiger partial charge on any atom is 0.255 e. The summed E-state index contributed by atoms with van der Waals surface area (Å²) in [5.41, 5.74) is 1.39. The molecule has 132 valence electrons. The van der Waals surface area contributed by atoms with Crippen LogP contribution in [0.15, 0.2) is 36.5 Å². The maximum atomic E-state index is 12.6. The lowest BCUT2D eigenvalue weighted by molar-refractivity contribution is 0.0643. The van der Waals surface area contributed by atoms with Gasteiger partial charge in [0.1, 0.15) is 5.82 Å². The Hall–Kier alpha value is -1.82. The van der Waals surface area contributed by atoms with Crippen LogP contribution >= 0.6 is 23.2 Å². The second-order valence-corrected chi connectivity index (χ2v) is 6.73. The highest BCUT2D eigenvalue weighted by molar-refractivity contribution is 6.42. The van der Waals surface area contributed by atoms with Crippen molar-refractivity contribution < 1.29 is 4.79 Å². The van der Waals surface area contributed by atoms with Crippen LogP contribution in [0.1, 0.15) is 17.3 Å². The fourth-order valence-corrected chi connectivity index (χ4v) is 3.06. The predicted octanol–water partition coefficient (Wildman–Crippen LogP) is 3.91. The number of nitrogens with zero attached hydrogens (tertiary/aromatic N) is 3. The smallest absolute Gasteiger partial charge is 0.255 e. The molecular formula is C18H20Cl2N4O. The summed E-state index contributed by atoms with van der Waals surface area (Å²) >= 11 is 11.9. The van der Waals surface area contributed by atoms with Crippen molar-refractivity contribution in [2.75, 3.05) is 38.0 Å². The van der Waals surface area contributed by atoms with Crippen LogP contribution in [0.5, 0.6) is 0 Å². The first-order chi connectivity index (χ1) is 12.1. The van der Waals surface area contributed by atoms with Crippen LogP contribution in [0, 0.1) is 0 Å². The Labute approximate surface area is 157 Å². The molecular weight excluding hydrogens is 359 g/mol. The third-order valence-corrected chi connectivity index (χ3v) is 5.05. The van der Waals surface area contributed by atoms with E-state index in [1.54, 1.807) is 30.5 Å². The second-order valence-electron chi connectivity index (χ2n) is 5.91. The molecule has 1 fully saturated rings. The van der Waals surface area contributed by atoms with Crippen molar-refractivity contribution in [3.05, 3.63) is 52.1 Å². The SMILES string of the molecule is CCN1CCN(C(=O)c2ccc(Nc3ccc(Cl)c(Cl)c3)nc2)CC1. The zero-order valence-electron chi connectivity index (χ0n) is 14.0. The number of amides is 1. The normalized spacial score (nSPS) is 15.2. The Balaban J connectivity index is 1.63. The third-order valence-electron chi connectivity index (χ3n) is 4.31. The number of nitrogens with one attached hydrogen (secondary N) is 1. The summed E-state index contributed by atoms with van der Waals surface area (Å²) in [6.45, 7) is 6.53. The lowest BCUT2D eigenvalue weighted by atomic mass is 10.2. The van der Waals surface area contributed by atoms with Crippen molar-refractivity contribution in [2.45, 2.75) is 6.92 Å². The van der Waals surface area contributed by atoms with Gasteiger partial charge in [-0.25, -0.2) is 4.98 Å². The number of likely N-dealkylation sites (N-methyl/N-ethyl adjacent to an activating group) is 1. The van der Waals surface area contributed by atoms with Crippen LogP contribution in [-0.2, 0) is 0 Å². The topological polar surface area (TPSA) is 48.5 Å². The first-order valence-electron chi connectivity index (χ1n) is 8.26. The van der Waals surface area contributed by atoms with Crippen molar-refractivity contribution in [1.29, 1.82) is 0 Å². The predicted molar refractivity (Wildman–Crippen MR) is 102 cm³/mol. The number of pyridine rings is 1. The molecule has 5 nitrogen and oxygen atoms in total. The number of aromatic nitrogens is 1. The summed E-state index contributed by atoms with van der Waals surface area (Å²) in [5.74, 6) is 0.676. The van der Waals surface area contributed by atoms with E-state index in [9.17, 15) is 4.79 Å². The molecule has 2 heterocycles. The molecule has 7 heteroatoms. The zero-order valence-corrected chi connectivity index (χ0v) is 15.5. The van der Waals surface area contributed by atoms with Gasteiger partial charge in [0.05, 0.1) is 15.6 Å². The van der Waals surface area contributed by atoms with E-state index >= 15 is 0 Å². The van der Waals surface area contributed by atoms with E-state index in [4.69, 9.17) is 23.2 Å². The van der Waals surface area contributed by atoms with Gasteiger partial charge in [0.15, 0.2) is 0 Å². The first-order valence-corrected chi connectivity index (χ1v) is 9.02. The van der Waals surface area contributed by atoms with Gasteiger partial charge in [-0.2, -0.15) is 0 Å². The summed E-state index contributed by atoms with van der Waals surface area (Å²) in [7, 11) is 0. The Morgan fingerprint density at radius 3 is 2.48 bits per heavy atom. The van der Waals surface area contributed by atoms with Crippen LogP contribution in [0.4, 0.5) is 11.5 Å². The van der Waals surface area contributed by atoms with Gasteiger partial charge in [-0.1, -0.05) is 30.1 Å². The minimum absolute atomic E-state index is 0.0318. The highest BCUT2D eigenvalue weighted by Crippen LogP contribution is 2.26. The minimum Gasteiger partial charge on any atom is -0.340 e. The molecule has 1 aliphatic rings. The lowest BCUT2D eigenvalue weighted by Gasteiger charge is -2.34. The van der Waals surface area contributed by atoms with Gasteiger partial charge in [0.25, 0.3) is 5.91 Å². The number of carbonyl (C=O) groups excluding carboxylic acids is 1. The van der Waals surface area contributed by atoms with Gasteiger partial charge in [0.2, 0.25) is 0 Å². The number of piperazine rings is 1. The number of benzene rings is 1. The Kier molecular flexibility index (Phi) is 5.78. The van der Waals surface area contributed by atoms with Crippen LogP contribution in [0.2, 0.25) is 10.0 Å². The summed E-state index contributed by atoms with van der Waals surface area (Å²) in [5, 5.41) is 4.13. The quantitative estimate of drug-likeness (QED) is 0.875. The second kappa shape index (κ2) is 8.04. The largest absolute Gasteiger partial charge is 0.340 e. The van der Waals surface area contributed by atoms with Crippen molar-refractivity contribution >= 4 is 40.6 Å². The first kappa shape index (κ1) is 18.0. The van der Waals surface area contributed by atoms with E-state index in [0.29, 0.717) is 21.4 Å². The van der Waals surface area contributed by atoms with E-state index in [1.165, 1.54) is 0 Å². The summed E-state index contributed by atoms with van der Waals surface area (Å²) < 4.78 is 0. The molecule has 1 N–H and O–H groups in total. The van der Waals surface area contributed by atoms with E-state index in [0.717, 1.165) is 38.4 Å². The number of anilines is 2. The molecule has 1 saturated heterocycles. The van der Waals surface area contributed by atoms with Crippen molar-refractivity contribution in [2.24, 2.45) is 0 Å². The molecule has 0 aliphatic carbocycles. The van der Waals surface area contributed by atoms with E-state index in [-0.39, 0.29) is 5.91 Å². The van der Waals surface area contributed by atoms with Crippen LogP contribution in [0.3, 0.4) is 0 Å². The molecule has 1 aliphatic heterocycles. The number of halogens is 2. The van der Waals surface area contributed by atoms with Crippen LogP contribution in [0.25, 0.3) is 0 Å². The molecule has 0 spiro atoms. The molecule has 1 aromatic carbocycles. The molecule has 3 rings (SSSR count). The van der Waals surface area contributed by atoms with Gasteiger partial charge in [-0.15, -0.1) is 0 Å². The fourth-order valence-electron chi connectivity index (χ4n) is 2.77. The van der Waals surface area contributed by atoms with Gasteiger partial charge in [-0.05, 0) is 36.9 Å². The monoisotopic (exact) mass is 378 g/mol. The Morgan fingerprint density at radius 1 is 1.12 bits per heavy atom. The van der Waals surface area contributed by atoms with Crippen molar-refractivity contribution in [3.63, 3.8) is 0 Å². The Morgan fingerprint density at radius 2 is 1.88 bits per heavy atom. The molecule has 0 atom stereocenters. The maximum absolute atomic E-state index is 12.6. The number of carbonyl (C=O) groups is 1. The van der Waals surface area contributed by atoms with Crippen molar-refractivity contribution in [1.82, 2.24) is 14.8 Å². The van der Waals surface area contributed by atoms with E-state index < -0.39 is 0 Å². The highest BCUT2D eigenvalue weighted by Gasteiger charge is 2.21. The van der Waals surface area contributed by atoms with Gasteiger partial charge < -0.3 is 15.1 Å². The number of hydrogen-bond donors (Lipinski definition) is 1. The van der Waals surface area contributed by atoms with Crippen LogP contribution < -0.4 is 5.32 Å². The van der Waals surface area contributed by atoms with Gasteiger partial charge in [-0.3, -0.25) is 4.79 Å². The van der Waals surface area contributed by atoms with E-state index in [2.05, 4.69) is 22.1 Å². The summed E-state index contributed by atoms with van der Waals surface area (Å²) in [4.78, 5) is 21.1. The minimum atomic E-state index is 0.0318. The number of rotatable bonds is 4. The van der Waals surface area contributed by atoms with Gasteiger partial charge in [0, 0.05) is 38.1 Å². The highest BCUT2D eigenvalue weighted by atomic mass is 35.5. The lowest BCUT2D eigenvalue weighted by Crippen LogP contribution is -2.48. The molecule has 0 saturated carbocycles.